The lowest BCUT2D eigenvalue weighted by atomic mass is 10.1. The Kier molecular flexibility index (Phi) is 17.1. The Balaban J connectivity index is 2.42. The zero-order valence-electron chi connectivity index (χ0n) is 20.6. The van der Waals surface area contributed by atoms with Crippen LogP contribution in [0.25, 0.3) is 0 Å². The van der Waals surface area contributed by atoms with Gasteiger partial charge in [-0.2, -0.15) is 0 Å². The van der Waals surface area contributed by atoms with E-state index in [9.17, 15) is 20.1 Å². The summed E-state index contributed by atoms with van der Waals surface area (Å²) in [5.41, 5.74) is 0. The highest BCUT2D eigenvalue weighted by molar-refractivity contribution is 5.89. The maximum Gasteiger partial charge on any atom is 0.378 e. The van der Waals surface area contributed by atoms with Crippen LogP contribution in [-0.4, -0.2) is 72.6 Å². The van der Waals surface area contributed by atoms with E-state index >= 15 is 0 Å². The molecule has 8 heteroatoms. The van der Waals surface area contributed by atoms with E-state index in [1.807, 2.05) is 0 Å². The van der Waals surface area contributed by atoms with Crippen molar-refractivity contribution in [1.29, 1.82) is 0 Å². The van der Waals surface area contributed by atoms with E-state index < -0.39 is 30.9 Å². The van der Waals surface area contributed by atoms with Crippen LogP contribution in [0.4, 0.5) is 0 Å². The first-order valence-electron chi connectivity index (χ1n) is 12.8. The van der Waals surface area contributed by atoms with Gasteiger partial charge in [0.2, 0.25) is 5.76 Å². The molecule has 0 saturated heterocycles. The topological polar surface area (TPSA) is 115 Å². The van der Waals surface area contributed by atoms with Crippen LogP contribution in [0.5, 0.6) is 0 Å². The van der Waals surface area contributed by atoms with Crippen LogP contribution in [-0.2, 0) is 23.7 Å². The van der Waals surface area contributed by atoms with Crippen LogP contribution in [0.15, 0.2) is 11.5 Å². The molecule has 0 aromatic rings. The minimum Gasteiger partial charge on any atom is -0.487 e. The number of esters is 1. The van der Waals surface area contributed by atoms with Crippen molar-refractivity contribution in [2.24, 2.45) is 0 Å². The number of aliphatic hydroxyl groups excluding tert-OH is 3. The summed E-state index contributed by atoms with van der Waals surface area (Å²) in [6.45, 7) is 4.52. The normalized spacial score (nSPS) is 17.8. The van der Waals surface area contributed by atoms with Gasteiger partial charge in [0.1, 0.15) is 18.8 Å². The number of unbranched alkanes of at least 4 members (excludes halogenated alkanes) is 10. The number of carbonyl (C=O) groups is 1. The molecule has 1 aliphatic heterocycles. The average Bonchev–Trinajstić information content (AvgIpc) is 3.13. The number of hydrogen-bond donors (Lipinski definition) is 3. The molecular weight excluding hydrogens is 428 g/mol. The van der Waals surface area contributed by atoms with Crippen LogP contribution in [0.2, 0.25) is 0 Å². The highest BCUT2D eigenvalue weighted by Crippen LogP contribution is 2.28. The third-order valence-corrected chi connectivity index (χ3v) is 5.57. The molecule has 1 aliphatic rings. The summed E-state index contributed by atoms with van der Waals surface area (Å²) < 4.78 is 21.8. The largest absolute Gasteiger partial charge is 0.487 e. The molecule has 0 fully saturated rings. The van der Waals surface area contributed by atoms with Crippen molar-refractivity contribution >= 4 is 5.97 Å². The second kappa shape index (κ2) is 19.0. The summed E-state index contributed by atoms with van der Waals surface area (Å²) in [7, 11) is 0. The van der Waals surface area contributed by atoms with E-state index in [4.69, 9.17) is 18.9 Å². The summed E-state index contributed by atoms with van der Waals surface area (Å²) in [5.74, 6) is -0.813. The van der Waals surface area contributed by atoms with Gasteiger partial charge < -0.3 is 34.3 Å². The first-order valence-corrected chi connectivity index (χ1v) is 12.8. The molecular formula is C25H46O8. The maximum absolute atomic E-state index is 12.3. The Hall–Kier alpha value is -1.35. The van der Waals surface area contributed by atoms with Crippen molar-refractivity contribution < 1.29 is 39.1 Å². The Morgan fingerprint density at radius 2 is 1.42 bits per heavy atom. The first-order chi connectivity index (χ1) is 16.0. The number of rotatable bonds is 22. The monoisotopic (exact) mass is 474 g/mol. The van der Waals surface area contributed by atoms with Crippen molar-refractivity contribution in [2.45, 2.75) is 109 Å². The third-order valence-electron chi connectivity index (χ3n) is 5.57. The van der Waals surface area contributed by atoms with Crippen molar-refractivity contribution in [3.05, 3.63) is 11.5 Å². The molecule has 194 valence electrons. The van der Waals surface area contributed by atoms with Crippen molar-refractivity contribution in [2.75, 3.05) is 33.0 Å². The first kappa shape index (κ1) is 29.7. The van der Waals surface area contributed by atoms with Crippen LogP contribution in [0.1, 0.15) is 90.9 Å². The standard InChI is InChI=1S/C25H46O8/c1-3-5-7-8-9-10-11-12-13-14-16-31-24-23(22(21(28)17-26)33-25(24)29)32-19-20(27)18-30-15-6-4-2/h20-22,26-28H,3-19H2,1-2H3/t20?,21-,22+/m0/s1. The van der Waals surface area contributed by atoms with E-state index in [1.165, 1.54) is 44.9 Å². The Morgan fingerprint density at radius 1 is 0.818 bits per heavy atom. The fourth-order valence-corrected chi connectivity index (χ4v) is 3.54. The molecule has 3 N–H and O–H groups in total. The zero-order chi connectivity index (χ0) is 24.3. The van der Waals surface area contributed by atoms with Crippen molar-refractivity contribution in [1.82, 2.24) is 0 Å². The van der Waals surface area contributed by atoms with Gasteiger partial charge in [-0.15, -0.1) is 0 Å². The van der Waals surface area contributed by atoms with Crippen molar-refractivity contribution in [3.63, 3.8) is 0 Å². The summed E-state index contributed by atoms with van der Waals surface area (Å²) in [5, 5.41) is 29.4. The number of carbonyl (C=O) groups excluding carboxylic acids is 1. The lowest BCUT2D eigenvalue weighted by Gasteiger charge is -2.20. The van der Waals surface area contributed by atoms with Gasteiger partial charge in [-0.05, 0) is 12.8 Å². The lowest BCUT2D eigenvalue weighted by Crippen LogP contribution is -2.33. The molecule has 0 saturated carbocycles. The van der Waals surface area contributed by atoms with E-state index in [0.717, 1.165) is 32.1 Å². The number of hydrogen-bond acceptors (Lipinski definition) is 8. The van der Waals surface area contributed by atoms with Gasteiger partial charge in [-0.3, -0.25) is 0 Å². The smallest absolute Gasteiger partial charge is 0.378 e. The van der Waals surface area contributed by atoms with Crippen LogP contribution in [0.3, 0.4) is 0 Å². The average molecular weight is 475 g/mol. The predicted octanol–water partition coefficient (Wildman–Crippen LogP) is 3.61. The zero-order valence-corrected chi connectivity index (χ0v) is 20.6. The molecule has 8 nitrogen and oxygen atoms in total. The number of aliphatic hydroxyl groups is 3. The molecule has 0 bridgehead atoms. The van der Waals surface area contributed by atoms with Crippen LogP contribution < -0.4 is 0 Å². The van der Waals surface area contributed by atoms with Gasteiger partial charge in [0.25, 0.3) is 0 Å². The van der Waals surface area contributed by atoms with E-state index in [-0.39, 0.29) is 24.7 Å². The summed E-state index contributed by atoms with van der Waals surface area (Å²) in [4.78, 5) is 12.3. The third kappa shape index (κ3) is 12.6. The van der Waals surface area contributed by atoms with Crippen LogP contribution in [0, 0.1) is 0 Å². The van der Waals surface area contributed by atoms with Gasteiger partial charge in [0.05, 0.1) is 19.8 Å². The molecule has 0 amide bonds. The van der Waals surface area contributed by atoms with E-state index in [1.54, 1.807) is 0 Å². The van der Waals surface area contributed by atoms with E-state index in [0.29, 0.717) is 13.2 Å². The Morgan fingerprint density at radius 3 is 2.03 bits per heavy atom. The molecule has 0 aromatic heterocycles. The second-order valence-electron chi connectivity index (χ2n) is 8.69. The van der Waals surface area contributed by atoms with E-state index in [2.05, 4.69) is 13.8 Å². The van der Waals surface area contributed by atoms with Crippen molar-refractivity contribution in [3.8, 4) is 0 Å². The van der Waals surface area contributed by atoms with Crippen LogP contribution >= 0.6 is 0 Å². The fraction of sp³-hybridized carbons (Fsp3) is 0.880. The number of cyclic esters (lactones) is 1. The SMILES string of the molecule is CCCCCCCCCCCCOC1=C(OCC(O)COCCCC)[C@@H]([C@@H](O)CO)OC1=O. The summed E-state index contributed by atoms with van der Waals surface area (Å²) in [6.07, 6.45) is 10.4. The quantitative estimate of drug-likeness (QED) is 0.161. The second-order valence-corrected chi connectivity index (χ2v) is 8.69. The van der Waals surface area contributed by atoms with Gasteiger partial charge in [-0.1, -0.05) is 78.1 Å². The highest BCUT2D eigenvalue weighted by Gasteiger charge is 2.42. The molecule has 1 rings (SSSR count). The minimum atomic E-state index is -1.33. The molecule has 0 radical (unpaired) electrons. The van der Waals surface area contributed by atoms with Gasteiger partial charge in [0, 0.05) is 6.61 Å². The summed E-state index contributed by atoms with van der Waals surface area (Å²) in [6, 6.07) is 0. The summed E-state index contributed by atoms with van der Waals surface area (Å²) >= 11 is 0. The Bertz CT molecular complexity index is 536. The molecule has 0 spiro atoms. The lowest BCUT2D eigenvalue weighted by molar-refractivity contribution is -0.149. The van der Waals surface area contributed by atoms with Gasteiger partial charge >= 0.3 is 5.97 Å². The molecule has 3 atom stereocenters. The fourth-order valence-electron chi connectivity index (χ4n) is 3.54. The highest BCUT2D eigenvalue weighted by atomic mass is 16.6. The number of ether oxygens (including phenoxy) is 4. The molecule has 1 unspecified atom stereocenters. The van der Waals surface area contributed by atoms with Gasteiger partial charge in [-0.25, -0.2) is 4.79 Å². The molecule has 33 heavy (non-hydrogen) atoms. The van der Waals surface area contributed by atoms with Gasteiger partial charge in [0.15, 0.2) is 11.9 Å². The maximum atomic E-state index is 12.3. The molecule has 1 heterocycles. The predicted molar refractivity (Wildman–Crippen MR) is 125 cm³/mol. The molecule has 0 aliphatic carbocycles. The molecule has 0 aromatic carbocycles. The minimum absolute atomic E-state index is 0.0150. The Labute approximate surface area is 199 Å².